The zero-order valence-corrected chi connectivity index (χ0v) is 21.6. The van der Waals surface area contributed by atoms with Gasteiger partial charge < -0.3 is 20.4 Å². The number of nitrogens with zero attached hydrogens (tertiary/aromatic N) is 4. The molecule has 2 heterocycles. The molecule has 0 radical (unpaired) electrons. The van der Waals surface area contributed by atoms with E-state index in [0.717, 1.165) is 70.9 Å². The first kappa shape index (κ1) is 26.9. The number of hydrogen-bond acceptors (Lipinski definition) is 4. The fourth-order valence-electron chi connectivity index (χ4n) is 4.09. The molecule has 2 unspecified atom stereocenters. The summed E-state index contributed by atoms with van der Waals surface area (Å²) in [6, 6.07) is 0.277. The molecule has 2 aliphatic rings. The van der Waals surface area contributed by atoms with E-state index in [4.69, 9.17) is 4.99 Å². The molecule has 2 saturated heterocycles. The van der Waals surface area contributed by atoms with Crippen molar-refractivity contribution in [1.82, 2.24) is 25.3 Å². The van der Waals surface area contributed by atoms with Gasteiger partial charge in [-0.2, -0.15) is 0 Å². The summed E-state index contributed by atoms with van der Waals surface area (Å²) >= 11 is 0. The number of carbonyl (C=O) groups excluding carboxylic acids is 2. The lowest BCUT2D eigenvalue weighted by molar-refractivity contribution is -0.134. The first-order valence-electron chi connectivity index (χ1n) is 11.1. The molecule has 0 aromatic rings. The molecule has 30 heavy (non-hydrogen) atoms. The molecule has 0 aliphatic carbocycles. The van der Waals surface area contributed by atoms with E-state index in [0.29, 0.717) is 0 Å². The van der Waals surface area contributed by atoms with E-state index in [1.807, 2.05) is 32.8 Å². The molecule has 0 aromatic heterocycles. The maximum atomic E-state index is 12.3. The van der Waals surface area contributed by atoms with Gasteiger partial charge in [-0.15, -0.1) is 24.0 Å². The summed E-state index contributed by atoms with van der Waals surface area (Å²) in [5, 5.41) is 6.79. The Balaban J connectivity index is 0.00000450. The number of amides is 2. The van der Waals surface area contributed by atoms with Crippen LogP contribution in [0, 0.1) is 5.92 Å². The van der Waals surface area contributed by atoms with E-state index >= 15 is 0 Å². The van der Waals surface area contributed by atoms with Gasteiger partial charge in [-0.1, -0.05) is 13.8 Å². The molecule has 0 bridgehead atoms. The molecule has 0 aromatic carbocycles. The number of aliphatic imine (C=N–C) groups is 1. The van der Waals surface area contributed by atoms with Gasteiger partial charge in [-0.05, 0) is 39.2 Å². The minimum Gasteiger partial charge on any atom is -0.357 e. The zero-order valence-electron chi connectivity index (χ0n) is 19.3. The van der Waals surface area contributed by atoms with Crippen LogP contribution in [0.5, 0.6) is 0 Å². The Hall–Kier alpha value is -1.10. The van der Waals surface area contributed by atoms with Crippen LogP contribution in [0.4, 0.5) is 0 Å². The fourth-order valence-corrected chi connectivity index (χ4v) is 4.09. The molecule has 9 heteroatoms. The Morgan fingerprint density at radius 2 is 1.93 bits per heavy atom. The molecule has 2 amide bonds. The van der Waals surface area contributed by atoms with E-state index in [1.54, 1.807) is 4.90 Å². The molecule has 8 nitrogen and oxygen atoms in total. The Morgan fingerprint density at radius 3 is 2.57 bits per heavy atom. The van der Waals surface area contributed by atoms with E-state index in [2.05, 4.69) is 22.5 Å². The van der Waals surface area contributed by atoms with Crippen molar-refractivity contribution in [3.8, 4) is 0 Å². The van der Waals surface area contributed by atoms with E-state index in [1.165, 1.54) is 0 Å². The van der Waals surface area contributed by atoms with Gasteiger partial charge in [0.25, 0.3) is 0 Å². The van der Waals surface area contributed by atoms with Gasteiger partial charge in [0.05, 0.1) is 6.04 Å². The molecular weight excluding hydrogens is 495 g/mol. The van der Waals surface area contributed by atoms with Crippen molar-refractivity contribution >= 4 is 41.8 Å². The fraction of sp³-hybridized carbons (Fsp3) is 0.857. The third-order valence-electron chi connectivity index (χ3n) is 5.64. The maximum absolute atomic E-state index is 12.3. The van der Waals surface area contributed by atoms with Crippen LogP contribution >= 0.6 is 24.0 Å². The summed E-state index contributed by atoms with van der Waals surface area (Å²) in [4.78, 5) is 35.1. The van der Waals surface area contributed by atoms with Gasteiger partial charge in [0.2, 0.25) is 11.8 Å². The summed E-state index contributed by atoms with van der Waals surface area (Å²) < 4.78 is 0. The monoisotopic (exact) mass is 536 g/mol. The lowest BCUT2D eigenvalue weighted by Gasteiger charge is -2.25. The highest BCUT2D eigenvalue weighted by Gasteiger charge is 2.31. The van der Waals surface area contributed by atoms with Crippen molar-refractivity contribution in [1.29, 1.82) is 0 Å². The average molecular weight is 537 g/mol. The Morgan fingerprint density at radius 1 is 1.20 bits per heavy atom. The minimum absolute atomic E-state index is 0. The van der Waals surface area contributed by atoms with Crippen molar-refractivity contribution in [3.63, 3.8) is 0 Å². The largest absolute Gasteiger partial charge is 0.357 e. The Labute approximate surface area is 199 Å². The predicted octanol–water partition coefficient (Wildman–Crippen LogP) is 1.36. The first-order valence-corrected chi connectivity index (χ1v) is 11.1. The normalized spacial score (nSPS) is 22.2. The van der Waals surface area contributed by atoms with Gasteiger partial charge in [0.15, 0.2) is 5.96 Å². The van der Waals surface area contributed by atoms with Crippen LogP contribution in [-0.4, -0.2) is 97.9 Å². The standard InChI is InChI=1S/C21H40N6O2.HI/c1-6-22-21(24-17-10-14-27(15-17)19(28)16(2)3)23-11-8-13-26-12-7-9-18(26)20(29)25(4)5;/h16-18H,6-15H2,1-5H3,(H2,22,23,24);1H. The summed E-state index contributed by atoms with van der Waals surface area (Å²) in [6.07, 6.45) is 3.92. The highest BCUT2D eigenvalue weighted by molar-refractivity contribution is 14.0. The molecule has 0 saturated carbocycles. The number of nitrogens with one attached hydrogen (secondary N) is 2. The number of carbonyl (C=O) groups is 2. The highest BCUT2D eigenvalue weighted by Crippen LogP contribution is 2.19. The molecular formula is C21H41IN6O2. The van der Waals surface area contributed by atoms with Gasteiger partial charge in [-0.25, -0.2) is 0 Å². The van der Waals surface area contributed by atoms with Gasteiger partial charge >= 0.3 is 0 Å². The van der Waals surface area contributed by atoms with Crippen LogP contribution in [0.2, 0.25) is 0 Å². The first-order chi connectivity index (χ1) is 13.8. The van der Waals surface area contributed by atoms with Crippen LogP contribution in [-0.2, 0) is 9.59 Å². The summed E-state index contributed by atoms with van der Waals surface area (Å²) in [7, 11) is 3.66. The van der Waals surface area contributed by atoms with Crippen LogP contribution in [0.1, 0.15) is 46.5 Å². The number of guanidine groups is 1. The average Bonchev–Trinajstić information content (AvgIpc) is 3.33. The highest BCUT2D eigenvalue weighted by atomic mass is 127. The van der Waals surface area contributed by atoms with Crippen molar-refractivity contribution < 1.29 is 9.59 Å². The second kappa shape index (κ2) is 13.3. The Bertz CT molecular complexity index is 584. The van der Waals surface area contributed by atoms with Gasteiger partial charge in [0.1, 0.15) is 0 Å². The van der Waals surface area contributed by atoms with Crippen molar-refractivity contribution in [3.05, 3.63) is 0 Å². The summed E-state index contributed by atoms with van der Waals surface area (Å²) in [5.74, 6) is 1.30. The van der Waals surface area contributed by atoms with Crippen molar-refractivity contribution in [2.75, 3.05) is 53.4 Å². The predicted molar refractivity (Wildman–Crippen MR) is 132 cm³/mol. The van der Waals surface area contributed by atoms with Crippen LogP contribution < -0.4 is 10.6 Å². The number of likely N-dealkylation sites (tertiary alicyclic amines) is 2. The molecule has 2 atom stereocenters. The topological polar surface area (TPSA) is 80.3 Å². The minimum atomic E-state index is 0. The lowest BCUT2D eigenvalue weighted by atomic mass is 10.2. The van der Waals surface area contributed by atoms with Crippen LogP contribution in [0.15, 0.2) is 4.99 Å². The third kappa shape index (κ3) is 7.86. The van der Waals surface area contributed by atoms with E-state index in [9.17, 15) is 9.59 Å². The number of rotatable bonds is 8. The smallest absolute Gasteiger partial charge is 0.239 e. The quantitative estimate of drug-likeness (QED) is 0.212. The molecule has 0 spiro atoms. The van der Waals surface area contributed by atoms with Gasteiger partial charge in [-0.3, -0.25) is 19.5 Å². The van der Waals surface area contributed by atoms with Crippen molar-refractivity contribution in [2.24, 2.45) is 10.9 Å². The summed E-state index contributed by atoms with van der Waals surface area (Å²) in [6.45, 7) is 10.9. The zero-order chi connectivity index (χ0) is 21.4. The third-order valence-corrected chi connectivity index (χ3v) is 5.64. The molecule has 2 aliphatic heterocycles. The SMILES string of the molecule is CCNC(=NCCCN1CCCC1C(=O)N(C)C)NC1CCN(C(=O)C(C)C)C1.I. The molecule has 2 rings (SSSR count). The lowest BCUT2D eigenvalue weighted by Crippen LogP contribution is -2.45. The molecule has 2 N–H and O–H groups in total. The number of likely N-dealkylation sites (N-methyl/N-ethyl adjacent to an activating group) is 1. The maximum Gasteiger partial charge on any atom is 0.239 e. The Kier molecular flexibility index (Phi) is 12.0. The van der Waals surface area contributed by atoms with E-state index in [-0.39, 0.29) is 53.8 Å². The number of hydrogen-bond donors (Lipinski definition) is 2. The molecule has 2 fully saturated rings. The second-order valence-corrected chi connectivity index (χ2v) is 8.61. The number of halogens is 1. The van der Waals surface area contributed by atoms with Crippen LogP contribution in [0.3, 0.4) is 0 Å². The van der Waals surface area contributed by atoms with E-state index < -0.39 is 0 Å². The summed E-state index contributed by atoms with van der Waals surface area (Å²) in [5.41, 5.74) is 0. The van der Waals surface area contributed by atoms with Crippen LogP contribution in [0.25, 0.3) is 0 Å². The van der Waals surface area contributed by atoms with Crippen molar-refractivity contribution in [2.45, 2.75) is 58.5 Å². The second-order valence-electron chi connectivity index (χ2n) is 8.61. The van der Waals surface area contributed by atoms with Gasteiger partial charge in [0, 0.05) is 58.8 Å². The molecule has 174 valence electrons.